The Kier molecular flexibility index (Phi) is 5.98. The van der Waals surface area contributed by atoms with Crippen molar-refractivity contribution in [1.29, 1.82) is 0 Å². The second kappa shape index (κ2) is 9.26. The summed E-state index contributed by atoms with van der Waals surface area (Å²) in [4.78, 5) is 24.8. The quantitative estimate of drug-likeness (QED) is 0.254. The van der Waals surface area contributed by atoms with Crippen LogP contribution in [0.2, 0.25) is 0 Å². The Bertz CT molecular complexity index is 1530. The summed E-state index contributed by atoms with van der Waals surface area (Å²) in [5.41, 5.74) is 9.20. The molecule has 0 aliphatic rings. The van der Waals surface area contributed by atoms with Gasteiger partial charge in [0, 0.05) is 29.9 Å². The molecule has 0 aliphatic carbocycles. The van der Waals surface area contributed by atoms with E-state index in [0.29, 0.717) is 17.7 Å². The summed E-state index contributed by atoms with van der Waals surface area (Å²) >= 11 is 1.25. The number of nitrogens with two attached hydrogens (primary N) is 1. The van der Waals surface area contributed by atoms with Crippen LogP contribution in [0.15, 0.2) is 59.7 Å². The molecule has 5 N–H and O–H groups in total. The van der Waals surface area contributed by atoms with Gasteiger partial charge in [-0.15, -0.1) is 11.3 Å². The van der Waals surface area contributed by atoms with E-state index in [4.69, 9.17) is 5.73 Å². The van der Waals surface area contributed by atoms with Crippen molar-refractivity contribution in [2.24, 2.45) is 0 Å². The first-order valence-corrected chi connectivity index (χ1v) is 11.4. The molecular weight excluding hydrogens is 493 g/mol. The zero-order chi connectivity index (χ0) is 25.3. The van der Waals surface area contributed by atoms with Crippen molar-refractivity contribution >= 4 is 45.7 Å². The monoisotopic (exact) mass is 510 g/mol. The molecule has 4 aromatic heterocycles. The highest BCUT2D eigenvalue weighted by molar-refractivity contribution is 7.07. The number of pyridine rings is 2. The topological polar surface area (TPSA) is 134 Å². The Morgan fingerprint density at radius 1 is 1.06 bits per heavy atom. The van der Waals surface area contributed by atoms with Crippen LogP contribution in [0, 0.1) is 0 Å². The van der Waals surface area contributed by atoms with E-state index in [2.05, 4.69) is 35.8 Å². The first kappa shape index (κ1) is 23.2. The Hall–Kier alpha value is -4.52. The van der Waals surface area contributed by atoms with Gasteiger partial charge in [0.25, 0.3) is 5.91 Å². The minimum atomic E-state index is -4.64. The number of benzene rings is 1. The average Bonchev–Trinajstić information content (AvgIpc) is 3.52. The van der Waals surface area contributed by atoms with E-state index < -0.39 is 17.6 Å². The number of fused-ring (bicyclic) bond motifs is 1. The van der Waals surface area contributed by atoms with Gasteiger partial charge in [0.2, 0.25) is 0 Å². The van der Waals surface area contributed by atoms with Gasteiger partial charge in [-0.2, -0.15) is 18.3 Å². The van der Waals surface area contributed by atoms with Crippen LogP contribution in [0.4, 0.5) is 30.6 Å². The molecule has 0 fully saturated rings. The first-order chi connectivity index (χ1) is 17.3. The van der Waals surface area contributed by atoms with Crippen LogP contribution < -0.4 is 16.4 Å². The molecule has 0 saturated heterocycles. The number of amides is 1. The molecular formula is C23H17F3N8OS. The van der Waals surface area contributed by atoms with Crippen LogP contribution in [-0.2, 0) is 12.7 Å². The van der Waals surface area contributed by atoms with Gasteiger partial charge in [-0.1, -0.05) is 24.3 Å². The maximum Gasteiger partial charge on any atom is 0.417 e. The summed E-state index contributed by atoms with van der Waals surface area (Å²) in [6.45, 7) is 0.224. The van der Waals surface area contributed by atoms with Crippen molar-refractivity contribution in [2.75, 3.05) is 16.4 Å². The lowest BCUT2D eigenvalue weighted by Crippen LogP contribution is -2.18. The number of nitrogen functional groups attached to an aromatic ring is 1. The highest BCUT2D eigenvalue weighted by Gasteiger charge is 2.32. The van der Waals surface area contributed by atoms with Gasteiger partial charge in [-0.05, 0) is 23.3 Å². The standard InChI is InChI=1S/C23H17F3N8OS/c24-23(25,26)15-6-17(22(35)32-18-10-36-11-31-18)20(30-9-15)28-7-12-1-3-13(4-2-12)14-5-16-19(27)33-34-21(16)29-8-14/h1-6,8-11H,7H2,(H,28,30)(H,32,35)(H3,27,29,33,34). The Morgan fingerprint density at radius 3 is 2.58 bits per heavy atom. The van der Waals surface area contributed by atoms with Crippen molar-refractivity contribution in [1.82, 2.24) is 25.1 Å². The lowest BCUT2D eigenvalue weighted by atomic mass is 10.0. The number of anilines is 3. The number of aromatic nitrogens is 5. The van der Waals surface area contributed by atoms with E-state index in [1.165, 1.54) is 16.8 Å². The average molecular weight is 511 g/mol. The zero-order valence-electron chi connectivity index (χ0n) is 18.3. The van der Waals surface area contributed by atoms with E-state index >= 15 is 0 Å². The number of nitrogens with one attached hydrogen (secondary N) is 3. The van der Waals surface area contributed by atoms with E-state index in [9.17, 15) is 18.0 Å². The molecule has 0 aliphatic heterocycles. The SMILES string of the molecule is Nc1[nH]nc2ncc(-c3ccc(CNc4ncc(C(F)(F)F)cc4C(=O)Nc4cscn4)cc3)cc12. The summed E-state index contributed by atoms with van der Waals surface area (Å²) in [6.07, 6.45) is -2.26. The number of carbonyl (C=O) groups is 1. The summed E-state index contributed by atoms with van der Waals surface area (Å²) in [5, 5.41) is 14.4. The molecule has 0 saturated carbocycles. The normalized spacial score (nSPS) is 11.5. The Balaban J connectivity index is 1.35. The summed E-state index contributed by atoms with van der Waals surface area (Å²) in [6, 6.07) is 10.1. The molecule has 182 valence electrons. The second-order valence-corrected chi connectivity index (χ2v) is 8.45. The lowest BCUT2D eigenvalue weighted by molar-refractivity contribution is -0.137. The van der Waals surface area contributed by atoms with Crippen LogP contribution >= 0.6 is 11.3 Å². The third kappa shape index (κ3) is 4.81. The number of halogens is 3. The van der Waals surface area contributed by atoms with Gasteiger partial charge >= 0.3 is 6.18 Å². The van der Waals surface area contributed by atoms with Crippen LogP contribution in [-0.4, -0.2) is 31.1 Å². The number of hydrogen-bond donors (Lipinski definition) is 4. The van der Waals surface area contributed by atoms with Gasteiger partial charge in [0.05, 0.1) is 22.0 Å². The first-order valence-electron chi connectivity index (χ1n) is 10.5. The highest BCUT2D eigenvalue weighted by Crippen LogP contribution is 2.31. The smallest absolute Gasteiger partial charge is 0.384 e. The van der Waals surface area contributed by atoms with E-state index in [-0.39, 0.29) is 23.7 Å². The largest absolute Gasteiger partial charge is 0.417 e. The summed E-state index contributed by atoms with van der Waals surface area (Å²) < 4.78 is 39.7. The minimum Gasteiger partial charge on any atom is -0.384 e. The van der Waals surface area contributed by atoms with Gasteiger partial charge < -0.3 is 16.4 Å². The van der Waals surface area contributed by atoms with Gasteiger partial charge in [0.1, 0.15) is 17.5 Å². The number of rotatable bonds is 6. The van der Waals surface area contributed by atoms with Crippen molar-refractivity contribution in [3.8, 4) is 11.1 Å². The third-order valence-electron chi connectivity index (χ3n) is 5.32. The third-order valence-corrected chi connectivity index (χ3v) is 5.91. The molecule has 13 heteroatoms. The second-order valence-electron chi connectivity index (χ2n) is 7.73. The molecule has 0 atom stereocenters. The Labute approximate surface area is 205 Å². The molecule has 0 spiro atoms. The van der Waals surface area contributed by atoms with Crippen molar-refractivity contribution in [2.45, 2.75) is 12.7 Å². The van der Waals surface area contributed by atoms with Crippen LogP contribution in [0.3, 0.4) is 0 Å². The molecule has 9 nitrogen and oxygen atoms in total. The fourth-order valence-electron chi connectivity index (χ4n) is 3.47. The van der Waals surface area contributed by atoms with Crippen LogP contribution in [0.1, 0.15) is 21.5 Å². The number of carbonyl (C=O) groups excluding carboxylic acids is 1. The molecule has 1 aromatic carbocycles. The van der Waals surface area contributed by atoms with E-state index in [1.54, 1.807) is 11.6 Å². The lowest BCUT2D eigenvalue weighted by Gasteiger charge is -2.14. The van der Waals surface area contributed by atoms with Crippen LogP contribution in [0.5, 0.6) is 0 Å². The van der Waals surface area contributed by atoms with Gasteiger partial charge in [0.15, 0.2) is 5.65 Å². The number of alkyl halides is 3. The zero-order valence-corrected chi connectivity index (χ0v) is 19.1. The predicted octanol–water partition coefficient (Wildman–Crippen LogP) is 4.94. The highest BCUT2D eigenvalue weighted by atomic mass is 32.1. The molecule has 0 unspecified atom stereocenters. The molecule has 0 radical (unpaired) electrons. The van der Waals surface area contributed by atoms with Gasteiger partial charge in [-0.3, -0.25) is 9.89 Å². The maximum atomic E-state index is 13.2. The number of aromatic amines is 1. The summed E-state index contributed by atoms with van der Waals surface area (Å²) in [7, 11) is 0. The molecule has 5 aromatic rings. The van der Waals surface area contributed by atoms with Crippen molar-refractivity contribution < 1.29 is 18.0 Å². The van der Waals surface area contributed by atoms with E-state index in [1.807, 2.05) is 30.3 Å². The van der Waals surface area contributed by atoms with Gasteiger partial charge in [-0.25, -0.2) is 15.0 Å². The number of thiazole rings is 1. The van der Waals surface area contributed by atoms with Crippen molar-refractivity contribution in [3.05, 3.63) is 76.4 Å². The molecule has 0 bridgehead atoms. The fraction of sp³-hybridized carbons (Fsp3) is 0.0870. The summed E-state index contributed by atoms with van der Waals surface area (Å²) in [5.74, 6) is -0.0590. The Morgan fingerprint density at radius 2 is 1.86 bits per heavy atom. The number of nitrogens with zero attached hydrogens (tertiary/aromatic N) is 4. The predicted molar refractivity (Wildman–Crippen MR) is 130 cm³/mol. The molecule has 4 heterocycles. The number of hydrogen-bond acceptors (Lipinski definition) is 8. The van der Waals surface area contributed by atoms with E-state index in [0.717, 1.165) is 28.1 Å². The minimum absolute atomic E-state index is 0.0184. The van der Waals surface area contributed by atoms with Crippen molar-refractivity contribution in [3.63, 3.8) is 0 Å². The molecule has 5 rings (SSSR count). The fourth-order valence-corrected chi connectivity index (χ4v) is 3.95. The number of H-pyrrole nitrogens is 1. The molecule has 1 amide bonds. The maximum absolute atomic E-state index is 13.2. The molecule has 36 heavy (non-hydrogen) atoms. The van der Waals surface area contributed by atoms with Crippen LogP contribution in [0.25, 0.3) is 22.2 Å².